The molecule has 0 spiro atoms. The molecule has 0 saturated carbocycles. The van der Waals surface area contributed by atoms with Crippen LogP contribution in [0.15, 0.2) is 60.7 Å². The summed E-state index contributed by atoms with van der Waals surface area (Å²) in [5.41, 5.74) is 1.85. The van der Waals surface area contributed by atoms with Crippen LogP contribution in [-0.4, -0.2) is 25.2 Å². The lowest BCUT2D eigenvalue weighted by Crippen LogP contribution is -2.38. The van der Waals surface area contributed by atoms with E-state index in [1.54, 1.807) is 13.8 Å². The molecule has 1 N–H and O–H groups in total. The number of carbonyl (C=O) groups is 1. The van der Waals surface area contributed by atoms with Crippen LogP contribution in [0.3, 0.4) is 0 Å². The van der Waals surface area contributed by atoms with E-state index >= 15 is 0 Å². The summed E-state index contributed by atoms with van der Waals surface area (Å²) in [7, 11) is -3.26. The summed E-state index contributed by atoms with van der Waals surface area (Å²) >= 11 is 0. The van der Waals surface area contributed by atoms with Crippen LogP contribution in [0.2, 0.25) is 0 Å². The van der Waals surface area contributed by atoms with E-state index in [9.17, 15) is 9.36 Å². The fraction of sp³-hybridized carbons (Fsp3) is 0.350. The zero-order chi connectivity index (χ0) is 18.8. The number of esters is 1. The van der Waals surface area contributed by atoms with Gasteiger partial charge in [0.15, 0.2) is 0 Å². The average Bonchev–Trinajstić information content (AvgIpc) is 2.63. The van der Waals surface area contributed by atoms with Crippen molar-refractivity contribution >= 4 is 13.5 Å². The van der Waals surface area contributed by atoms with Gasteiger partial charge in [-0.05, 0) is 31.4 Å². The van der Waals surface area contributed by atoms with Crippen molar-refractivity contribution in [2.75, 3.05) is 13.2 Å². The Morgan fingerprint density at radius 2 is 1.54 bits per heavy atom. The molecule has 0 amide bonds. The van der Waals surface area contributed by atoms with E-state index in [1.165, 1.54) is 0 Å². The van der Waals surface area contributed by atoms with Gasteiger partial charge in [0, 0.05) is 0 Å². The number of benzene rings is 2. The van der Waals surface area contributed by atoms with Crippen molar-refractivity contribution in [2.24, 2.45) is 0 Å². The molecule has 140 valence electrons. The Kier molecular flexibility index (Phi) is 8.05. The summed E-state index contributed by atoms with van der Waals surface area (Å²) in [6, 6.07) is 18.3. The number of carbonyl (C=O) groups excluding carboxylic acids is 1. The zero-order valence-corrected chi connectivity index (χ0v) is 16.2. The van der Waals surface area contributed by atoms with Crippen LogP contribution in [0.4, 0.5) is 0 Å². The number of rotatable bonds is 10. The van der Waals surface area contributed by atoms with Gasteiger partial charge in [0.05, 0.1) is 19.4 Å². The molecule has 0 aliphatic rings. The second-order valence-corrected chi connectivity index (χ2v) is 8.04. The summed E-state index contributed by atoms with van der Waals surface area (Å²) < 4.78 is 24.1. The number of hydrogen-bond acceptors (Lipinski definition) is 4. The topological polar surface area (TPSA) is 64.6 Å². The normalized spacial score (nSPS) is 14.4. The van der Waals surface area contributed by atoms with Crippen molar-refractivity contribution in [3.8, 4) is 0 Å². The highest BCUT2D eigenvalue weighted by Gasteiger charge is 2.31. The molecule has 0 aromatic heterocycles. The van der Waals surface area contributed by atoms with Gasteiger partial charge in [-0.25, -0.2) is 5.09 Å². The average molecular weight is 375 g/mol. The van der Waals surface area contributed by atoms with E-state index in [2.05, 4.69) is 5.09 Å². The smallest absolute Gasteiger partial charge is 0.323 e. The molecule has 6 heteroatoms. The van der Waals surface area contributed by atoms with Gasteiger partial charge in [-0.15, -0.1) is 0 Å². The Balaban J connectivity index is 2.20. The molecule has 0 radical (unpaired) electrons. The monoisotopic (exact) mass is 375 g/mol. The van der Waals surface area contributed by atoms with Crippen LogP contribution >= 0.6 is 7.52 Å². The molecule has 2 aromatic carbocycles. The van der Waals surface area contributed by atoms with Gasteiger partial charge >= 0.3 is 5.97 Å². The van der Waals surface area contributed by atoms with Gasteiger partial charge < -0.3 is 9.26 Å². The van der Waals surface area contributed by atoms with Crippen molar-refractivity contribution in [2.45, 2.75) is 32.5 Å². The first-order valence-electron chi connectivity index (χ1n) is 8.82. The SMILES string of the molecule is CCOC(=O)[C@H](Cc1ccccc1)NP(=O)(Cc1ccccc1)OCC. The molecule has 2 aromatic rings. The third-order valence-electron chi connectivity index (χ3n) is 3.78. The lowest BCUT2D eigenvalue weighted by Gasteiger charge is -2.25. The number of nitrogens with one attached hydrogen (secondary N) is 1. The van der Waals surface area contributed by atoms with Gasteiger partial charge in [0.2, 0.25) is 0 Å². The number of ether oxygens (including phenoxy) is 1. The van der Waals surface area contributed by atoms with Crippen LogP contribution in [0.25, 0.3) is 0 Å². The molecule has 0 aliphatic heterocycles. The molecule has 0 heterocycles. The molecular weight excluding hydrogens is 349 g/mol. The lowest BCUT2D eigenvalue weighted by atomic mass is 10.1. The highest BCUT2D eigenvalue weighted by molar-refractivity contribution is 7.56. The van der Waals surface area contributed by atoms with Gasteiger partial charge in [-0.3, -0.25) is 9.36 Å². The Morgan fingerprint density at radius 1 is 0.962 bits per heavy atom. The van der Waals surface area contributed by atoms with Crippen molar-refractivity contribution in [1.82, 2.24) is 5.09 Å². The third-order valence-corrected chi connectivity index (χ3v) is 5.94. The Bertz CT molecular complexity index is 721. The van der Waals surface area contributed by atoms with Crippen molar-refractivity contribution in [3.05, 3.63) is 71.8 Å². The molecule has 5 nitrogen and oxygen atoms in total. The van der Waals surface area contributed by atoms with Crippen LogP contribution < -0.4 is 5.09 Å². The van der Waals surface area contributed by atoms with E-state index in [0.29, 0.717) is 6.42 Å². The highest BCUT2D eigenvalue weighted by Crippen LogP contribution is 2.46. The molecule has 0 bridgehead atoms. The molecular formula is C20H26NO4P. The summed E-state index contributed by atoms with van der Waals surface area (Å²) in [4.78, 5) is 12.4. The summed E-state index contributed by atoms with van der Waals surface area (Å²) in [6.45, 7) is 4.10. The summed E-state index contributed by atoms with van der Waals surface area (Å²) in [6.07, 6.45) is 0.595. The first kappa shape index (κ1) is 20.4. The largest absolute Gasteiger partial charge is 0.465 e. The molecule has 0 aliphatic carbocycles. The fourth-order valence-corrected chi connectivity index (χ4v) is 4.71. The quantitative estimate of drug-likeness (QED) is 0.499. The Hall–Kier alpha value is -1.94. The maximum absolute atomic E-state index is 13.4. The van der Waals surface area contributed by atoms with Crippen molar-refractivity contribution < 1.29 is 18.6 Å². The standard InChI is InChI=1S/C20H26NO4P/c1-3-24-20(22)19(15-17-11-7-5-8-12-17)21-26(23,25-4-2)16-18-13-9-6-10-14-18/h5-14,19H,3-4,15-16H2,1-2H3,(H,21,23)/t19-,26?/m0/s1. The fourth-order valence-electron chi connectivity index (χ4n) is 2.67. The van der Waals surface area contributed by atoms with Crippen molar-refractivity contribution in [1.29, 1.82) is 0 Å². The van der Waals surface area contributed by atoms with Gasteiger partial charge in [0.1, 0.15) is 6.04 Å². The molecule has 2 atom stereocenters. The first-order chi connectivity index (χ1) is 12.6. The van der Waals surface area contributed by atoms with E-state index < -0.39 is 19.5 Å². The minimum Gasteiger partial charge on any atom is -0.465 e. The summed E-state index contributed by atoms with van der Waals surface area (Å²) in [5, 5.41) is 2.97. The Morgan fingerprint density at radius 3 is 2.08 bits per heavy atom. The first-order valence-corrected chi connectivity index (χ1v) is 10.6. The minimum absolute atomic E-state index is 0.215. The predicted octanol–water partition coefficient (Wildman–Crippen LogP) is 4.18. The van der Waals surface area contributed by atoms with E-state index in [-0.39, 0.29) is 19.4 Å². The maximum atomic E-state index is 13.4. The molecule has 0 fully saturated rings. The van der Waals surface area contributed by atoms with Crippen LogP contribution in [-0.2, 0) is 31.2 Å². The van der Waals surface area contributed by atoms with E-state index in [1.807, 2.05) is 60.7 Å². The summed E-state index contributed by atoms with van der Waals surface area (Å²) in [5.74, 6) is -0.427. The van der Waals surface area contributed by atoms with E-state index in [4.69, 9.17) is 9.26 Å². The van der Waals surface area contributed by atoms with Crippen molar-refractivity contribution in [3.63, 3.8) is 0 Å². The third kappa shape index (κ3) is 6.41. The maximum Gasteiger partial charge on any atom is 0.323 e. The second kappa shape index (κ2) is 10.3. The van der Waals surface area contributed by atoms with Crippen LogP contribution in [0.5, 0.6) is 0 Å². The Labute approximate surface area is 155 Å². The molecule has 26 heavy (non-hydrogen) atoms. The minimum atomic E-state index is -3.26. The molecule has 0 saturated heterocycles. The number of hydrogen-bond donors (Lipinski definition) is 1. The van der Waals surface area contributed by atoms with Gasteiger partial charge in [-0.1, -0.05) is 60.7 Å². The van der Waals surface area contributed by atoms with Gasteiger partial charge in [-0.2, -0.15) is 0 Å². The van der Waals surface area contributed by atoms with Crippen LogP contribution in [0.1, 0.15) is 25.0 Å². The second-order valence-electron chi connectivity index (χ2n) is 5.86. The molecule has 2 rings (SSSR count). The predicted molar refractivity (Wildman–Crippen MR) is 103 cm³/mol. The molecule has 1 unspecified atom stereocenters. The highest BCUT2D eigenvalue weighted by atomic mass is 31.2. The van der Waals surface area contributed by atoms with Crippen LogP contribution in [0, 0.1) is 0 Å². The van der Waals surface area contributed by atoms with Gasteiger partial charge in [0.25, 0.3) is 7.52 Å². The zero-order valence-electron chi connectivity index (χ0n) is 15.3. The van der Waals surface area contributed by atoms with E-state index in [0.717, 1.165) is 11.1 Å². The lowest BCUT2D eigenvalue weighted by molar-refractivity contribution is -0.145.